The van der Waals surface area contributed by atoms with Crippen LogP contribution in [0.3, 0.4) is 0 Å². The van der Waals surface area contributed by atoms with Gasteiger partial charge in [-0.2, -0.15) is 0 Å². The van der Waals surface area contributed by atoms with Gasteiger partial charge in [-0.15, -0.1) is 0 Å². The molecule has 0 amide bonds. The van der Waals surface area contributed by atoms with Crippen LogP contribution in [0.2, 0.25) is 0 Å². The molecule has 11 heteroatoms. The summed E-state index contributed by atoms with van der Waals surface area (Å²) < 4.78 is 59.7. The van der Waals surface area contributed by atoms with E-state index in [0.29, 0.717) is 34.1 Å². The topological polar surface area (TPSA) is 73.3 Å². The van der Waals surface area contributed by atoms with Crippen molar-refractivity contribution in [3.63, 3.8) is 0 Å². The molecule has 0 aliphatic carbocycles. The Balaban J connectivity index is 0.000000152. The molecule has 0 spiro atoms. The van der Waals surface area contributed by atoms with Crippen molar-refractivity contribution in [3.8, 4) is 22.8 Å². The van der Waals surface area contributed by atoms with Crippen LogP contribution in [0.1, 0.15) is 33.9 Å². The fraction of sp³-hybridized carbons (Fsp3) is 0.162. The number of rotatable bonds is 2. The summed E-state index contributed by atoms with van der Waals surface area (Å²) >= 11 is 0. The Labute approximate surface area is 272 Å². The van der Waals surface area contributed by atoms with E-state index in [1.165, 1.54) is 12.1 Å². The summed E-state index contributed by atoms with van der Waals surface area (Å²) in [5, 5.41) is 0. The van der Waals surface area contributed by atoms with Gasteiger partial charge >= 0.3 is 0 Å². The van der Waals surface area contributed by atoms with Gasteiger partial charge in [-0.1, -0.05) is 24.3 Å². The first-order valence-electron chi connectivity index (χ1n) is 15.2. The van der Waals surface area contributed by atoms with Crippen LogP contribution in [0.4, 0.5) is 17.6 Å². The van der Waals surface area contributed by atoms with Gasteiger partial charge in [0.25, 0.3) is 0 Å². The average molecular weight is 648 g/mol. The highest BCUT2D eigenvalue weighted by molar-refractivity contribution is 5.85. The molecule has 0 unspecified atom stereocenters. The SMILES string of the molecule is Cc1ccccc1-c1nc(C)c2c(C)nc3c(F)cc(F)cc3n12.Cc1ccncc1-c1nc(C)c2c(C)nc3c(F)cc(F)cc3n12. The quantitative estimate of drug-likeness (QED) is 0.175. The molecule has 0 aliphatic rings. The van der Waals surface area contributed by atoms with E-state index in [4.69, 9.17) is 0 Å². The number of hydrogen-bond donors (Lipinski definition) is 0. The van der Waals surface area contributed by atoms with Crippen molar-refractivity contribution < 1.29 is 17.6 Å². The maximum absolute atomic E-state index is 14.2. The molecule has 7 nitrogen and oxygen atoms in total. The Morgan fingerprint density at radius 3 is 1.48 bits per heavy atom. The van der Waals surface area contributed by atoms with Crippen LogP contribution < -0.4 is 0 Å². The largest absolute Gasteiger partial charge is 0.288 e. The highest BCUT2D eigenvalue weighted by Gasteiger charge is 2.21. The van der Waals surface area contributed by atoms with Crippen LogP contribution in [-0.2, 0) is 0 Å². The first-order valence-corrected chi connectivity index (χ1v) is 15.2. The van der Waals surface area contributed by atoms with E-state index in [1.807, 2.05) is 69.4 Å². The summed E-state index contributed by atoms with van der Waals surface area (Å²) in [5.74, 6) is -1.36. The van der Waals surface area contributed by atoms with Gasteiger partial charge < -0.3 is 0 Å². The summed E-state index contributed by atoms with van der Waals surface area (Å²) in [5.41, 5.74) is 9.17. The normalized spacial score (nSPS) is 11.5. The lowest BCUT2D eigenvalue weighted by Gasteiger charge is -2.10. The highest BCUT2D eigenvalue weighted by Crippen LogP contribution is 2.32. The minimum absolute atomic E-state index is 0.126. The minimum Gasteiger partial charge on any atom is -0.288 e. The molecule has 0 aliphatic heterocycles. The number of pyridine rings is 1. The molecule has 0 atom stereocenters. The van der Waals surface area contributed by atoms with E-state index >= 15 is 0 Å². The molecule has 0 fully saturated rings. The molecular weight excluding hydrogens is 618 g/mol. The number of nitrogens with zero attached hydrogens (tertiary/aromatic N) is 7. The van der Waals surface area contributed by atoms with Crippen LogP contribution >= 0.6 is 0 Å². The monoisotopic (exact) mass is 647 g/mol. The van der Waals surface area contributed by atoms with Crippen LogP contribution in [0.5, 0.6) is 0 Å². The number of halogens is 4. The second-order valence-corrected chi connectivity index (χ2v) is 11.8. The van der Waals surface area contributed by atoms with Gasteiger partial charge in [0.2, 0.25) is 0 Å². The highest BCUT2D eigenvalue weighted by atomic mass is 19.1. The van der Waals surface area contributed by atoms with Crippen LogP contribution in [-0.4, -0.2) is 33.7 Å². The molecule has 0 saturated carbocycles. The summed E-state index contributed by atoms with van der Waals surface area (Å²) in [6.45, 7) is 11.3. The Morgan fingerprint density at radius 2 is 0.979 bits per heavy atom. The Morgan fingerprint density at radius 1 is 0.521 bits per heavy atom. The lowest BCUT2D eigenvalue weighted by atomic mass is 10.1. The number of imidazole rings is 2. The van der Waals surface area contributed by atoms with Gasteiger partial charge in [0.15, 0.2) is 11.6 Å². The van der Waals surface area contributed by atoms with Crippen molar-refractivity contribution >= 4 is 33.1 Å². The van der Waals surface area contributed by atoms with Gasteiger partial charge in [-0.05, 0) is 58.7 Å². The smallest absolute Gasteiger partial charge is 0.153 e. The van der Waals surface area contributed by atoms with Crippen LogP contribution in [0, 0.1) is 64.8 Å². The van der Waals surface area contributed by atoms with Crippen molar-refractivity contribution in [1.82, 2.24) is 33.7 Å². The van der Waals surface area contributed by atoms with E-state index in [9.17, 15) is 17.6 Å². The molecule has 0 N–H and O–H groups in total. The predicted molar refractivity (Wildman–Crippen MR) is 178 cm³/mol. The molecule has 8 rings (SSSR count). The molecule has 0 radical (unpaired) electrons. The minimum atomic E-state index is -0.685. The van der Waals surface area contributed by atoms with Crippen molar-refractivity contribution in [3.05, 3.63) is 124 Å². The second-order valence-electron chi connectivity index (χ2n) is 11.8. The predicted octanol–water partition coefficient (Wildman–Crippen LogP) is 8.90. The van der Waals surface area contributed by atoms with E-state index in [1.54, 1.807) is 23.7 Å². The van der Waals surface area contributed by atoms with Gasteiger partial charge in [0.05, 0.1) is 44.8 Å². The number of hydrogen-bond acceptors (Lipinski definition) is 5. The molecule has 5 aromatic heterocycles. The lowest BCUT2D eigenvalue weighted by Crippen LogP contribution is -2.01. The molecule has 0 bridgehead atoms. The summed E-state index contributed by atoms with van der Waals surface area (Å²) in [7, 11) is 0. The summed E-state index contributed by atoms with van der Waals surface area (Å²) in [6.07, 6.45) is 3.41. The number of fused-ring (bicyclic) bond motifs is 6. The molecule has 8 aromatic rings. The Bertz CT molecular complexity index is 2410. The zero-order valence-electron chi connectivity index (χ0n) is 27.0. The van der Waals surface area contributed by atoms with Gasteiger partial charge in [-0.25, -0.2) is 37.5 Å². The van der Waals surface area contributed by atoms with E-state index in [0.717, 1.165) is 56.8 Å². The van der Waals surface area contributed by atoms with E-state index in [2.05, 4.69) is 24.9 Å². The third-order valence-electron chi connectivity index (χ3n) is 8.51. The molecular formula is C37H29F4N7. The molecule has 48 heavy (non-hydrogen) atoms. The number of aryl methyl sites for hydroxylation is 6. The standard InChI is InChI=1S/C19H15F2N3.C18H14F2N4/c1-10-6-4-5-7-14(10)19-23-12(3)18-11(2)22-17-15(21)8-13(20)9-16(17)24(18)19;1-9-4-5-21-8-13(9)18-23-11(3)17-10(2)22-16-14(20)6-12(19)7-15(16)24(17)18/h4-9H,1-3H3;4-8H,1-3H3. The van der Waals surface area contributed by atoms with Crippen LogP contribution in [0.25, 0.3) is 55.9 Å². The number of benzene rings is 3. The van der Waals surface area contributed by atoms with Gasteiger partial charge in [-0.3, -0.25) is 13.8 Å². The zero-order valence-corrected chi connectivity index (χ0v) is 27.0. The van der Waals surface area contributed by atoms with Crippen molar-refractivity contribution in [1.29, 1.82) is 0 Å². The number of aromatic nitrogens is 7. The molecule has 240 valence electrons. The first kappa shape index (κ1) is 30.9. The first-order chi connectivity index (χ1) is 22.9. The zero-order chi connectivity index (χ0) is 34.0. The van der Waals surface area contributed by atoms with Crippen molar-refractivity contribution in [2.75, 3.05) is 0 Å². The molecule has 3 aromatic carbocycles. The molecule has 5 heterocycles. The van der Waals surface area contributed by atoms with E-state index in [-0.39, 0.29) is 11.0 Å². The van der Waals surface area contributed by atoms with Gasteiger partial charge in [0.1, 0.15) is 34.3 Å². The molecule has 0 saturated heterocycles. The lowest BCUT2D eigenvalue weighted by molar-refractivity contribution is 0.588. The van der Waals surface area contributed by atoms with E-state index < -0.39 is 23.3 Å². The second kappa shape index (κ2) is 11.5. The van der Waals surface area contributed by atoms with Gasteiger partial charge in [0, 0.05) is 47.8 Å². The summed E-state index contributed by atoms with van der Waals surface area (Å²) in [4.78, 5) is 22.1. The Hall–Kier alpha value is -5.71. The van der Waals surface area contributed by atoms with Crippen molar-refractivity contribution in [2.45, 2.75) is 41.5 Å². The Kier molecular flexibility index (Phi) is 7.42. The summed E-state index contributed by atoms with van der Waals surface area (Å²) in [6, 6.07) is 14.0. The van der Waals surface area contributed by atoms with Crippen molar-refractivity contribution in [2.24, 2.45) is 0 Å². The average Bonchev–Trinajstić information content (AvgIpc) is 3.57. The fourth-order valence-corrected chi connectivity index (χ4v) is 6.37. The maximum atomic E-state index is 14.2. The fourth-order valence-electron chi connectivity index (χ4n) is 6.37. The third kappa shape index (κ3) is 4.93. The van der Waals surface area contributed by atoms with Crippen LogP contribution in [0.15, 0.2) is 67.0 Å². The maximum Gasteiger partial charge on any atom is 0.153 e. The third-order valence-corrected chi connectivity index (χ3v) is 8.51.